The van der Waals surface area contributed by atoms with Gasteiger partial charge in [-0.05, 0) is 61.7 Å². The molecule has 2 aliphatic heterocycles. The largest absolute Gasteiger partial charge is 0.391 e. The Labute approximate surface area is 211 Å². The number of carbonyl (C=O) groups excluding carboxylic acids is 1. The van der Waals surface area contributed by atoms with Crippen LogP contribution < -0.4 is 4.90 Å². The number of hydrogen-bond acceptors (Lipinski definition) is 5. The lowest BCUT2D eigenvalue weighted by molar-refractivity contribution is 0.00975. The first-order chi connectivity index (χ1) is 17.5. The van der Waals surface area contributed by atoms with E-state index in [2.05, 4.69) is 28.9 Å². The van der Waals surface area contributed by atoms with Crippen LogP contribution >= 0.6 is 0 Å². The van der Waals surface area contributed by atoms with Gasteiger partial charge < -0.3 is 14.9 Å². The first-order valence-electron chi connectivity index (χ1n) is 13.2. The molecule has 1 N–H and O–H groups in total. The lowest BCUT2D eigenvalue weighted by Crippen LogP contribution is -2.46. The van der Waals surface area contributed by atoms with E-state index in [4.69, 9.17) is 4.98 Å². The lowest BCUT2D eigenvalue weighted by atomic mass is 9.90. The summed E-state index contributed by atoms with van der Waals surface area (Å²) in [6.07, 6.45) is 5.01. The third-order valence-electron chi connectivity index (χ3n) is 8.33. The molecule has 1 saturated heterocycles. The Hall–Kier alpha value is -3.03. The molecule has 3 aliphatic rings. The molecule has 1 amide bonds. The molecule has 3 unspecified atom stereocenters. The van der Waals surface area contributed by atoms with E-state index in [1.165, 1.54) is 12.1 Å². The van der Waals surface area contributed by atoms with Crippen molar-refractivity contribution in [1.29, 1.82) is 0 Å². The van der Waals surface area contributed by atoms with Gasteiger partial charge in [-0.3, -0.25) is 14.7 Å². The van der Waals surface area contributed by atoms with E-state index in [-0.39, 0.29) is 23.8 Å². The maximum Gasteiger partial charge on any atom is 0.255 e. The molecule has 6 rings (SSSR count). The van der Waals surface area contributed by atoms with Gasteiger partial charge in [0.05, 0.1) is 23.7 Å². The number of anilines is 1. The van der Waals surface area contributed by atoms with Crippen molar-refractivity contribution in [2.75, 3.05) is 31.1 Å². The number of aromatic nitrogens is 1. The fourth-order valence-corrected chi connectivity index (χ4v) is 6.43. The van der Waals surface area contributed by atoms with Crippen LogP contribution in [0.15, 0.2) is 48.7 Å². The molecule has 1 saturated carbocycles. The molecule has 2 aromatic carbocycles. The highest BCUT2D eigenvalue weighted by Gasteiger charge is 2.43. The number of carbonyl (C=O) groups is 1. The molecule has 6 nitrogen and oxygen atoms in total. The van der Waals surface area contributed by atoms with Crippen molar-refractivity contribution in [3.05, 3.63) is 71.2 Å². The number of aliphatic hydroxyl groups is 1. The number of fused-ring (bicyclic) bond motifs is 3. The van der Waals surface area contributed by atoms with E-state index in [9.17, 15) is 14.3 Å². The minimum Gasteiger partial charge on any atom is -0.391 e. The van der Waals surface area contributed by atoms with Crippen molar-refractivity contribution in [3.8, 4) is 0 Å². The minimum atomic E-state index is -0.462. The molecule has 3 atom stereocenters. The molecule has 188 valence electrons. The quantitative estimate of drug-likeness (QED) is 0.585. The Morgan fingerprint density at radius 3 is 2.56 bits per heavy atom. The van der Waals surface area contributed by atoms with Crippen LogP contribution in [0.5, 0.6) is 0 Å². The van der Waals surface area contributed by atoms with Crippen LogP contribution in [-0.4, -0.2) is 64.1 Å². The first-order valence-corrected chi connectivity index (χ1v) is 13.2. The van der Waals surface area contributed by atoms with Crippen molar-refractivity contribution in [2.24, 2.45) is 0 Å². The summed E-state index contributed by atoms with van der Waals surface area (Å²) in [5.41, 5.74) is 4.82. The molecule has 3 heterocycles. The SMILES string of the molecule is CC1c2c(cc(CN3CCN(c4ccc(F)cc4)CC3)c3cccnc23)C(=O)N1C1CCCCC1O. The van der Waals surface area contributed by atoms with Crippen molar-refractivity contribution in [3.63, 3.8) is 0 Å². The highest BCUT2D eigenvalue weighted by molar-refractivity contribution is 6.05. The summed E-state index contributed by atoms with van der Waals surface area (Å²) < 4.78 is 13.3. The average molecular weight is 489 g/mol. The summed E-state index contributed by atoms with van der Waals surface area (Å²) in [6.45, 7) is 6.35. The smallest absolute Gasteiger partial charge is 0.255 e. The van der Waals surface area contributed by atoms with Gasteiger partial charge in [0.2, 0.25) is 0 Å². The van der Waals surface area contributed by atoms with Crippen molar-refractivity contribution in [1.82, 2.24) is 14.8 Å². The molecular formula is C29H33FN4O2. The molecule has 0 radical (unpaired) electrons. The van der Waals surface area contributed by atoms with Crippen LogP contribution in [0.1, 0.15) is 60.1 Å². The van der Waals surface area contributed by atoms with Gasteiger partial charge in [-0.1, -0.05) is 18.9 Å². The minimum absolute atomic E-state index is 0.0263. The van der Waals surface area contributed by atoms with Crippen LogP contribution in [0.3, 0.4) is 0 Å². The standard InChI is InChI=1S/C29H33FN4O2/c1-19-27-24(29(36)34(19)25-6-2-3-7-26(25)35)17-20(23-5-4-12-31-28(23)27)18-32-13-15-33(16-14-32)22-10-8-21(30)9-11-22/h4-5,8-12,17,19,25-26,35H,2-3,6-7,13-16,18H2,1H3. The Morgan fingerprint density at radius 2 is 1.81 bits per heavy atom. The van der Waals surface area contributed by atoms with E-state index >= 15 is 0 Å². The van der Waals surface area contributed by atoms with Crippen LogP contribution in [0, 0.1) is 5.82 Å². The van der Waals surface area contributed by atoms with Gasteiger partial charge >= 0.3 is 0 Å². The number of benzene rings is 2. The number of piperazine rings is 1. The van der Waals surface area contributed by atoms with Gasteiger partial charge in [0, 0.05) is 61.1 Å². The molecule has 0 bridgehead atoms. The fraction of sp³-hybridized carbons (Fsp3) is 0.448. The van der Waals surface area contributed by atoms with E-state index in [1.807, 2.05) is 29.3 Å². The van der Waals surface area contributed by atoms with Crippen LogP contribution in [0.2, 0.25) is 0 Å². The third kappa shape index (κ3) is 4.04. The second-order valence-corrected chi connectivity index (χ2v) is 10.4. The zero-order chi connectivity index (χ0) is 24.8. The molecule has 1 aromatic heterocycles. The van der Waals surface area contributed by atoms with Gasteiger partial charge in [-0.15, -0.1) is 0 Å². The number of amides is 1. The fourth-order valence-electron chi connectivity index (χ4n) is 6.43. The van der Waals surface area contributed by atoms with Crippen molar-refractivity contribution in [2.45, 2.75) is 57.3 Å². The summed E-state index contributed by atoms with van der Waals surface area (Å²) in [6, 6.07) is 12.6. The molecule has 0 spiro atoms. The van der Waals surface area contributed by atoms with Crippen LogP contribution in [0.4, 0.5) is 10.1 Å². The topological polar surface area (TPSA) is 59.9 Å². The number of hydrogen-bond donors (Lipinski definition) is 1. The summed E-state index contributed by atoms with van der Waals surface area (Å²) in [4.78, 5) is 25.1. The average Bonchev–Trinajstić information content (AvgIpc) is 3.15. The van der Waals surface area contributed by atoms with E-state index < -0.39 is 6.10 Å². The number of aliphatic hydroxyl groups excluding tert-OH is 1. The molecule has 3 aromatic rings. The zero-order valence-corrected chi connectivity index (χ0v) is 20.7. The summed E-state index contributed by atoms with van der Waals surface area (Å²) in [7, 11) is 0. The van der Waals surface area contributed by atoms with E-state index in [0.29, 0.717) is 0 Å². The van der Waals surface area contributed by atoms with E-state index in [0.717, 1.165) is 91.7 Å². The second-order valence-electron chi connectivity index (χ2n) is 10.4. The highest BCUT2D eigenvalue weighted by atomic mass is 19.1. The Bertz CT molecular complexity index is 1270. The number of nitrogens with zero attached hydrogens (tertiary/aromatic N) is 4. The zero-order valence-electron chi connectivity index (χ0n) is 20.7. The van der Waals surface area contributed by atoms with Crippen LogP contribution in [0.25, 0.3) is 10.9 Å². The van der Waals surface area contributed by atoms with Gasteiger partial charge in [0.15, 0.2) is 0 Å². The molecule has 36 heavy (non-hydrogen) atoms. The molecule has 7 heteroatoms. The Balaban J connectivity index is 1.26. The highest BCUT2D eigenvalue weighted by Crippen LogP contribution is 2.42. The third-order valence-corrected chi connectivity index (χ3v) is 8.33. The monoisotopic (exact) mass is 488 g/mol. The number of rotatable bonds is 4. The molecule has 1 aliphatic carbocycles. The first kappa shape index (κ1) is 23.4. The van der Waals surface area contributed by atoms with Gasteiger partial charge in [0.1, 0.15) is 5.82 Å². The van der Waals surface area contributed by atoms with Crippen molar-refractivity contribution < 1.29 is 14.3 Å². The lowest BCUT2D eigenvalue weighted by Gasteiger charge is -2.37. The molecular weight excluding hydrogens is 455 g/mol. The maximum absolute atomic E-state index is 13.7. The summed E-state index contributed by atoms with van der Waals surface area (Å²) in [5, 5.41) is 11.8. The second kappa shape index (κ2) is 9.45. The van der Waals surface area contributed by atoms with Gasteiger partial charge in [-0.25, -0.2) is 4.39 Å². The number of halogens is 1. The number of pyridine rings is 1. The van der Waals surface area contributed by atoms with Gasteiger partial charge in [0.25, 0.3) is 5.91 Å². The predicted molar refractivity (Wildman–Crippen MR) is 138 cm³/mol. The van der Waals surface area contributed by atoms with E-state index in [1.54, 1.807) is 0 Å². The summed E-state index contributed by atoms with van der Waals surface area (Å²) >= 11 is 0. The normalized spacial score (nSPS) is 25.0. The van der Waals surface area contributed by atoms with Crippen LogP contribution in [-0.2, 0) is 6.54 Å². The van der Waals surface area contributed by atoms with Crippen molar-refractivity contribution >= 4 is 22.5 Å². The Kier molecular flexibility index (Phi) is 6.13. The molecule has 2 fully saturated rings. The predicted octanol–water partition coefficient (Wildman–Crippen LogP) is 4.52. The summed E-state index contributed by atoms with van der Waals surface area (Å²) in [5.74, 6) is -0.187. The maximum atomic E-state index is 13.7. The Morgan fingerprint density at radius 1 is 1.06 bits per heavy atom. The van der Waals surface area contributed by atoms with Gasteiger partial charge in [-0.2, -0.15) is 0 Å².